The summed E-state index contributed by atoms with van der Waals surface area (Å²) < 4.78 is 0. The zero-order valence-electron chi connectivity index (χ0n) is 10.6. The van der Waals surface area contributed by atoms with Gasteiger partial charge in [0, 0.05) is 13.1 Å². The highest BCUT2D eigenvalue weighted by Crippen LogP contribution is 2.06. The van der Waals surface area contributed by atoms with E-state index >= 15 is 0 Å². The van der Waals surface area contributed by atoms with Gasteiger partial charge in [-0.2, -0.15) is 5.26 Å². The highest BCUT2D eigenvalue weighted by molar-refractivity contribution is 5.78. The van der Waals surface area contributed by atoms with Crippen LogP contribution in [0.5, 0.6) is 0 Å². The van der Waals surface area contributed by atoms with Gasteiger partial charge in [0.2, 0.25) is 5.91 Å². The first-order valence-electron chi connectivity index (χ1n) is 6.09. The number of hydrogen-bond acceptors (Lipinski definition) is 3. The largest absolute Gasteiger partial charge is 0.395 e. The molecule has 0 aromatic heterocycles. The molecule has 0 radical (unpaired) electrons. The van der Waals surface area contributed by atoms with E-state index in [9.17, 15) is 4.79 Å². The first-order chi connectivity index (χ1) is 8.71. The minimum Gasteiger partial charge on any atom is -0.395 e. The summed E-state index contributed by atoms with van der Waals surface area (Å²) in [6.45, 7) is 3.02. The zero-order chi connectivity index (χ0) is 13.4. The van der Waals surface area contributed by atoms with Crippen molar-refractivity contribution in [3.05, 3.63) is 35.4 Å². The molecule has 1 aromatic carbocycles. The van der Waals surface area contributed by atoms with Crippen LogP contribution in [0.1, 0.15) is 24.5 Å². The van der Waals surface area contributed by atoms with E-state index in [1.807, 2.05) is 13.0 Å². The molecule has 0 saturated carbocycles. The van der Waals surface area contributed by atoms with Crippen molar-refractivity contribution in [3.8, 4) is 6.07 Å². The van der Waals surface area contributed by atoms with Crippen molar-refractivity contribution in [1.29, 1.82) is 5.26 Å². The normalized spacial score (nSPS) is 9.83. The molecule has 96 valence electrons. The summed E-state index contributed by atoms with van der Waals surface area (Å²) in [5.74, 6) is 0.00982. The standard InChI is InChI=1S/C14H18N2O2/c1-2-7-16(8-9-17)14(18)10-12-3-5-13(11-15)6-4-12/h3-6,17H,2,7-10H2,1H3. The molecular weight excluding hydrogens is 228 g/mol. The Hall–Kier alpha value is -1.86. The molecule has 1 aromatic rings. The Morgan fingerprint density at radius 3 is 2.50 bits per heavy atom. The number of aliphatic hydroxyl groups is 1. The lowest BCUT2D eigenvalue weighted by molar-refractivity contribution is -0.131. The van der Waals surface area contributed by atoms with E-state index in [1.54, 1.807) is 29.2 Å². The summed E-state index contributed by atoms with van der Waals surface area (Å²) in [5, 5.41) is 17.6. The van der Waals surface area contributed by atoms with E-state index in [2.05, 4.69) is 0 Å². The van der Waals surface area contributed by atoms with E-state index in [4.69, 9.17) is 10.4 Å². The molecule has 0 spiro atoms. The molecule has 0 unspecified atom stereocenters. The van der Waals surface area contributed by atoms with Gasteiger partial charge >= 0.3 is 0 Å². The molecule has 0 aliphatic rings. The lowest BCUT2D eigenvalue weighted by Gasteiger charge is -2.21. The molecule has 1 N–H and O–H groups in total. The number of carbonyl (C=O) groups is 1. The van der Waals surface area contributed by atoms with Crippen LogP contribution in [0.3, 0.4) is 0 Å². The fourth-order valence-electron chi connectivity index (χ4n) is 1.74. The number of rotatable bonds is 6. The zero-order valence-corrected chi connectivity index (χ0v) is 10.6. The Morgan fingerprint density at radius 1 is 1.33 bits per heavy atom. The van der Waals surface area contributed by atoms with Gasteiger partial charge in [-0.1, -0.05) is 19.1 Å². The van der Waals surface area contributed by atoms with Gasteiger partial charge in [-0.3, -0.25) is 4.79 Å². The van der Waals surface area contributed by atoms with E-state index < -0.39 is 0 Å². The Balaban J connectivity index is 2.63. The Kier molecular flexibility index (Phi) is 5.89. The Labute approximate surface area is 107 Å². The van der Waals surface area contributed by atoms with Gasteiger partial charge in [-0.05, 0) is 24.1 Å². The molecule has 0 heterocycles. The molecule has 0 atom stereocenters. The van der Waals surface area contributed by atoms with Crippen LogP contribution in [0.2, 0.25) is 0 Å². The van der Waals surface area contributed by atoms with Crippen LogP contribution >= 0.6 is 0 Å². The number of aliphatic hydroxyl groups excluding tert-OH is 1. The van der Waals surface area contributed by atoms with Crippen LogP contribution in [0, 0.1) is 11.3 Å². The lowest BCUT2D eigenvalue weighted by Crippen LogP contribution is -2.35. The SMILES string of the molecule is CCCN(CCO)C(=O)Cc1ccc(C#N)cc1. The van der Waals surface area contributed by atoms with Crippen molar-refractivity contribution >= 4 is 5.91 Å². The van der Waals surface area contributed by atoms with Crippen LogP contribution in [0.4, 0.5) is 0 Å². The topological polar surface area (TPSA) is 64.3 Å². The number of nitriles is 1. The molecule has 18 heavy (non-hydrogen) atoms. The highest BCUT2D eigenvalue weighted by atomic mass is 16.3. The predicted molar refractivity (Wildman–Crippen MR) is 68.8 cm³/mol. The summed E-state index contributed by atoms with van der Waals surface area (Å²) in [5.41, 5.74) is 1.48. The molecule has 4 nitrogen and oxygen atoms in total. The van der Waals surface area contributed by atoms with Gasteiger partial charge in [0.1, 0.15) is 0 Å². The van der Waals surface area contributed by atoms with Gasteiger partial charge in [0.25, 0.3) is 0 Å². The fraction of sp³-hybridized carbons (Fsp3) is 0.429. The molecule has 0 saturated heterocycles. The second-order valence-corrected chi connectivity index (χ2v) is 4.09. The number of amides is 1. The van der Waals surface area contributed by atoms with Crippen molar-refractivity contribution in [2.45, 2.75) is 19.8 Å². The minimum absolute atomic E-state index is 0.00982. The summed E-state index contributed by atoms with van der Waals surface area (Å²) >= 11 is 0. The summed E-state index contributed by atoms with van der Waals surface area (Å²) in [6, 6.07) is 9.04. The smallest absolute Gasteiger partial charge is 0.227 e. The number of benzene rings is 1. The Morgan fingerprint density at radius 2 is 2.00 bits per heavy atom. The third-order valence-electron chi connectivity index (χ3n) is 2.65. The third kappa shape index (κ3) is 4.19. The first-order valence-corrected chi connectivity index (χ1v) is 6.09. The second kappa shape index (κ2) is 7.46. The fourth-order valence-corrected chi connectivity index (χ4v) is 1.74. The van der Waals surface area contributed by atoms with Crippen molar-refractivity contribution in [2.75, 3.05) is 19.7 Å². The molecule has 0 aliphatic carbocycles. The average Bonchev–Trinajstić information content (AvgIpc) is 2.39. The summed E-state index contributed by atoms with van der Waals surface area (Å²) in [7, 11) is 0. The van der Waals surface area contributed by atoms with Crippen molar-refractivity contribution in [3.63, 3.8) is 0 Å². The third-order valence-corrected chi connectivity index (χ3v) is 2.65. The molecule has 1 rings (SSSR count). The average molecular weight is 246 g/mol. The maximum Gasteiger partial charge on any atom is 0.227 e. The molecule has 1 amide bonds. The van der Waals surface area contributed by atoms with Crippen molar-refractivity contribution in [2.24, 2.45) is 0 Å². The summed E-state index contributed by atoms with van der Waals surface area (Å²) in [6.07, 6.45) is 1.19. The van der Waals surface area contributed by atoms with Crippen molar-refractivity contribution in [1.82, 2.24) is 4.90 Å². The number of hydrogen-bond donors (Lipinski definition) is 1. The van der Waals surface area contributed by atoms with Gasteiger partial charge in [0.15, 0.2) is 0 Å². The van der Waals surface area contributed by atoms with E-state index in [1.165, 1.54) is 0 Å². The van der Waals surface area contributed by atoms with Gasteiger partial charge in [-0.15, -0.1) is 0 Å². The predicted octanol–water partition coefficient (Wildman–Crippen LogP) is 1.33. The van der Waals surface area contributed by atoms with Crippen LogP contribution in [0.25, 0.3) is 0 Å². The molecule has 0 bridgehead atoms. The van der Waals surface area contributed by atoms with Gasteiger partial charge in [-0.25, -0.2) is 0 Å². The Bertz CT molecular complexity index is 414. The minimum atomic E-state index is -0.0148. The lowest BCUT2D eigenvalue weighted by atomic mass is 10.1. The van der Waals surface area contributed by atoms with Crippen LogP contribution in [-0.4, -0.2) is 35.6 Å². The van der Waals surface area contributed by atoms with Crippen LogP contribution < -0.4 is 0 Å². The summed E-state index contributed by atoms with van der Waals surface area (Å²) in [4.78, 5) is 13.7. The van der Waals surface area contributed by atoms with Crippen LogP contribution in [0.15, 0.2) is 24.3 Å². The van der Waals surface area contributed by atoms with E-state index in [0.717, 1.165) is 12.0 Å². The van der Waals surface area contributed by atoms with Crippen molar-refractivity contribution < 1.29 is 9.90 Å². The maximum atomic E-state index is 12.0. The first kappa shape index (κ1) is 14.2. The van der Waals surface area contributed by atoms with Gasteiger partial charge < -0.3 is 10.0 Å². The number of carbonyl (C=O) groups excluding carboxylic acids is 1. The van der Waals surface area contributed by atoms with E-state index in [-0.39, 0.29) is 12.5 Å². The quantitative estimate of drug-likeness (QED) is 0.823. The van der Waals surface area contributed by atoms with E-state index in [0.29, 0.717) is 25.1 Å². The number of nitrogens with zero attached hydrogens (tertiary/aromatic N) is 2. The molecule has 0 aliphatic heterocycles. The highest BCUT2D eigenvalue weighted by Gasteiger charge is 2.12. The molecular formula is C14H18N2O2. The molecule has 4 heteroatoms. The maximum absolute atomic E-state index is 12.0. The second-order valence-electron chi connectivity index (χ2n) is 4.09. The van der Waals surface area contributed by atoms with Gasteiger partial charge in [0.05, 0.1) is 24.7 Å². The monoisotopic (exact) mass is 246 g/mol. The van der Waals surface area contributed by atoms with Crippen LogP contribution in [-0.2, 0) is 11.2 Å². The molecule has 0 fully saturated rings.